The Balaban J connectivity index is 1.84. The third kappa shape index (κ3) is 5.64. The number of nitrogens with zero attached hydrogens (tertiary/aromatic N) is 1. The van der Waals surface area contributed by atoms with E-state index in [-0.39, 0.29) is 12.0 Å². The Morgan fingerprint density at radius 1 is 1.21 bits per heavy atom. The molecule has 0 aliphatic carbocycles. The maximum Gasteiger partial charge on any atom is 0.234 e. The van der Waals surface area contributed by atoms with E-state index in [9.17, 15) is 4.79 Å². The van der Waals surface area contributed by atoms with E-state index in [1.54, 1.807) is 12.1 Å². The summed E-state index contributed by atoms with van der Waals surface area (Å²) in [4.78, 5) is 12.1. The molecule has 0 aliphatic heterocycles. The van der Waals surface area contributed by atoms with Crippen LogP contribution in [0.3, 0.4) is 0 Å². The number of hydrogen-bond donors (Lipinski definition) is 1. The molecule has 0 aromatic heterocycles. The van der Waals surface area contributed by atoms with Crippen LogP contribution in [-0.4, -0.2) is 17.8 Å². The van der Waals surface area contributed by atoms with E-state index < -0.39 is 0 Å². The largest absolute Gasteiger partial charge is 0.489 e. The van der Waals surface area contributed by atoms with Gasteiger partial charge < -0.3 is 10.1 Å². The third-order valence-electron chi connectivity index (χ3n) is 3.11. The van der Waals surface area contributed by atoms with Crippen molar-refractivity contribution in [3.63, 3.8) is 0 Å². The fourth-order valence-electron chi connectivity index (χ4n) is 2.05. The summed E-state index contributed by atoms with van der Waals surface area (Å²) in [5.41, 5.74) is 2.42. The molecule has 2 rings (SSSR count). The summed E-state index contributed by atoms with van der Waals surface area (Å²) in [6.45, 7) is 3.90. The normalized spacial score (nSPS) is 10.2. The van der Waals surface area contributed by atoms with E-state index >= 15 is 0 Å². The first-order chi connectivity index (χ1) is 11.6. The molecule has 24 heavy (non-hydrogen) atoms. The number of amides is 1. The molecular formula is C19H20N2O2S. The minimum atomic E-state index is -0.0616. The van der Waals surface area contributed by atoms with Crippen molar-refractivity contribution in [2.24, 2.45) is 0 Å². The van der Waals surface area contributed by atoms with Gasteiger partial charge in [0.1, 0.15) is 5.75 Å². The molecule has 0 fully saturated rings. The molecule has 0 saturated carbocycles. The second kappa shape index (κ2) is 8.99. The van der Waals surface area contributed by atoms with Crippen LogP contribution < -0.4 is 10.1 Å². The first kappa shape index (κ1) is 17.9. The number of carbonyl (C=O) groups is 1. The van der Waals surface area contributed by atoms with Gasteiger partial charge >= 0.3 is 0 Å². The summed E-state index contributed by atoms with van der Waals surface area (Å²) in [5, 5.41) is 11.7. The van der Waals surface area contributed by atoms with E-state index in [1.165, 1.54) is 11.8 Å². The van der Waals surface area contributed by atoms with E-state index in [1.807, 2.05) is 50.2 Å². The highest BCUT2D eigenvalue weighted by Crippen LogP contribution is 2.25. The molecule has 4 nitrogen and oxygen atoms in total. The van der Waals surface area contributed by atoms with Crippen molar-refractivity contribution in [3.05, 3.63) is 59.7 Å². The Hall–Kier alpha value is -2.45. The molecule has 124 valence electrons. The molecule has 0 heterocycles. The zero-order valence-electron chi connectivity index (χ0n) is 13.8. The average Bonchev–Trinajstić information content (AvgIpc) is 2.57. The van der Waals surface area contributed by atoms with Gasteiger partial charge in [0.2, 0.25) is 5.91 Å². The topological polar surface area (TPSA) is 62.1 Å². The van der Waals surface area contributed by atoms with E-state index in [4.69, 9.17) is 10.00 Å². The van der Waals surface area contributed by atoms with E-state index in [2.05, 4.69) is 11.4 Å². The monoisotopic (exact) mass is 340 g/mol. The van der Waals surface area contributed by atoms with Gasteiger partial charge in [-0.15, -0.1) is 11.8 Å². The highest BCUT2D eigenvalue weighted by molar-refractivity contribution is 7.99. The number of hydrogen-bond acceptors (Lipinski definition) is 4. The number of nitriles is 1. The van der Waals surface area contributed by atoms with Crippen molar-refractivity contribution in [2.75, 3.05) is 11.1 Å². The number of thioether (sulfide) groups is 1. The molecule has 0 atom stereocenters. The molecule has 0 aliphatic rings. The maximum absolute atomic E-state index is 12.1. The van der Waals surface area contributed by atoms with Crippen molar-refractivity contribution in [2.45, 2.75) is 25.7 Å². The number of para-hydroxylation sites is 2. The lowest BCUT2D eigenvalue weighted by atomic mass is 10.2. The van der Waals surface area contributed by atoms with Crippen LogP contribution in [0.15, 0.2) is 48.5 Å². The lowest BCUT2D eigenvalue weighted by molar-refractivity contribution is -0.113. The molecule has 0 bridgehead atoms. The molecule has 1 N–H and O–H groups in total. The highest BCUT2D eigenvalue weighted by atomic mass is 32.2. The predicted octanol–water partition coefficient (Wildman–Crippen LogP) is 4.22. The summed E-state index contributed by atoms with van der Waals surface area (Å²) < 4.78 is 5.69. The summed E-state index contributed by atoms with van der Waals surface area (Å²) in [5.74, 6) is 1.70. The van der Waals surface area contributed by atoms with Crippen LogP contribution in [0, 0.1) is 11.3 Å². The van der Waals surface area contributed by atoms with Crippen LogP contribution in [0.4, 0.5) is 5.69 Å². The number of anilines is 1. The van der Waals surface area contributed by atoms with Gasteiger partial charge in [0.15, 0.2) is 0 Å². The SMILES string of the molecule is CC(C)Oc1ccccc1NC(=O)CSCc1ccc(C#N)cc1. The first-order valence-electron chi connectivity index (χ1n) is 7.71. The van der Waals surface area contributed by atoms with Gasteiger partial charge in [-0.25, -0.2) is 0 Å². The van der Waals surface area contributed by atoms with Crippen molar-refractivity contribution in [1.29, 1.82) is 5.26 Å². The zero-order chi connectivity index (χ0) is 17.4. The quantitative estimate of drug-likeness (QED) is 0.820. The molecule has 0 radical (unpaired) electrons. The highest BCUT2D eigenvalue weighted by Gasteiger charge is 2.09. The Morgan fingerprint density at radius 2 is 1.92 bits per heavy atom. The standard InChI is InChI=1S/C19H20N2O2S/c1-14(2)23-18-6-4-3-5-17(18)21-19(22)13-24-12-16-9-7-15(11-20)8-10-16/h3-10,14H,12-13H2,1-2H3,(H,21,22). The fourth-order valence-corrected chi connectivity index (χ4v) is 2.84. The number of ether oxygens (including phenoxy) is 1. The Bertz CT molecular complexity index is 721. The van der Waals surface area contributed by atoms with Crippen molar-refractivity contribution >= 4 is 23.4 Å². The van der Waals surface area contributed by atoms with E-state index in [0.717, 1.165) is 11.3 Å². The molecular weight excluding hydrogens is 320 g/mol. The minimum absolute atomic E-state index is 0.0498. The molecule has 2 aromatic carbocycles. The number of rotatable bonds is 7. The smallest absolute Gasteiger partial charge is 0.234 e. The third-order valence-corrected chi connectivity index (χ3v) is 4.11. The Kier molecular flexibility index (Phi) is 6.71. The van der Waals surface area contributed by atoms with Crippen LogP contribution in [0.25, 0.3) is 0 Å². The zero-order valence-corrected chi connectivity index (χ0v) is 14.6. The fraction of sp³-hybridized carbons (Fsp3) is 0.263. The van der Waals surface area contributed by atoms with Gasteiger partial charge in [-0.3, -0.25) is 4.79 Å². The maximum atomic E-state index is 12.1. The summed E-state index contributed by atoms with van der Waals surface area (Å²) in [6.07, 6.45) is 0.0498. The van der Waals surface area contributed by atoms with Crippen LogP contribution in [-0.2, 0) is 10.5 Å². The van der Waals surface area contributed by atoms with Gasteiger partial charge in [0, 0.05) is 5.75 Å². The number of nitrogens with one attached hydrogen (secondary N) is 1. The van der Waals surface area contributed by atoms with Crippen LogP contribution in [0.1, 0.15) is 25.0 Å². The first-order valence-corrected chi connectivity index (χ1v) is 8.86. The van der Waals surface area contributed by atoms with Crippen LogP contribution in [0.2, 0.25) is 0 Å². The van der Waals surface area contributed by atoms with Crippen LogP contribution >= 0.6 is 11.8 Å². The second-order valence-electron chi connectivity index (χ2n) is 5.51. The minimum Gasteiger partial charge on any atom is -0.489 e. The second-order valence-corrected chi connectivity index (χ2v) is 6.50. The summed E-state index contributed by atoms with van der Waals surface area (Å²) in [6, 6.07) is 16.9. The summed E-state index contributed by atoms with van der Waals surface area (Å²) in [7, 11) is 0. The molecule has 0 unspecified atom stereocenters. The Morgan fingerprint density at radius 3 is 2.58 bits per heavy atom. The van der Waals surface area contributed by atoms with Gasteiger partial charge in [0.05, 0.1) is 29.2 Å². The molecule has 5 heteroatoms. The van der Waals surface area contributed by atoms with Crippen molar-refractivity contribution < 1.29 is 9.53 Å². The van der Waals surface area contributed by atoms with Crippen molar-refractivity contribution in [3.8, 4) is 11.8 Å². The molecule has 1 amide bonds. The molecule has 0 saturated heterocycles. The van der Waals surface area contributed by atoms with Gasteiger partial charge in [-0.2, -0.15) is 5.26 Å². The van der Waals surface area contributed by atoms with Gasteiger partial charge in [-0.05, 0) is 43.7 Å². The average molecular weight is 340 g/mol. The number of benzene rings is 2. The van der Waals surface area contributed by atoms with Gasteiger partial charge in [0.25, 0.3) is 0 Å². The van der Waals surface area contributed by atoms with Crippen molar-refractivity contribution in [1.82, 2.24) is 0 Å². The molecule has 2 aromatic rings. The van der Waals surface area contributed by atoms with Gasteiger partial charge in [-0.1, -0.05) is 24.3 Å². The lowest BCUT2D eigenvalue weighted by Crippen LogP contribution is -2.16. The number of carbonyl (C=O) groups excluding carboxylic acids is 1. The summed E-state index contributed by atoms with van der Waals surface area (Å²) >= 11 is 1.53. The predicted molar refractivity (Wildman–Crippen MR) is 98.2 cm³/mol. The van der Waals surface area contributed by atoms with E-state index in [0.29, 0.717) is 22.8 Å². The molecule has 0 spiro atoms. The Labute approximate surface area is 146 Å². The van der Waals surface area contributed by atoms with Crippen LogP contribution in [0.5, 0.6) is 5.75 Å². The lowest BCUT2D eigenvalue weighted by Gasteiger charge is -2.14.